The minimum Gasteiger partial charge on any atom is -0.389 e. The molecule has 23 heavy (non-hydrogen) atoms. The first-order valence-corrected chi connectivity index (χ1v) is 9.01. The van der Waals surface area contributed by atoms with Gasteiger partial charge >= 0.3 is 0 Å². The van der Waals surface area contributed by atoms with Crippen molar-refractivity contribution < 1.29 is 9.84 Å². The predicted molar refractivity (Wildman–Crippen MR) is 92.6 cm³/mol. The molecule has 1 aromatic carbocycles. The molecule has 1 aliphatic carbocycles. The highest BCUT2D eigenvalue weighted by molar-refractivity contribution is 5.75. The first-order valence-electron chi connectivity index (χ1n) is 9.01. The van der Waals surface area contributed by atoms with Gasteiger partial charge in [0.15, 0.2) is 0 Å². The van der Waals surface area contributed by atoms with E-state index in [1.54, 1.807) is 0 Å². The second-order valence-electron chi connectivity index (χ2n) is 6.62. The van der Waals surface area contributed by atoms with Crippen LogP contribution in [0, 0.1) is 0 Å². The fraction of sp³-hybridized carbons (Fsp3) is 0.632. The largest absolute Gasteiger partial charge is 0.389 e. The number of hydrogen-bond acceptors (Lipinski definition) is 3. The van der Waals surface area contributed by atoms with Gasteiger partial charge in [0.2, 0.25) is 0 Å². The lowest BCUT2D eigenvalue weighted by molar-refractivity contribution is -0.0282. The van der Waals surface area contributed by atoms with Crippen molar-refractivity contribution in [2.75, 3.05) is 6.61 Å². The number of aryl methyl sites for hydroxylation is 1. The fourth-order valence-electron chi connectivity index (χ4n) is 3.49. The van der Waals surface area contributed by atoms with Crippen LogP contribution in [0.15, 0.2) is 24.3 Å². The number of hydrogen-bond donors (Lipinski definition) is 1. The van der Waals surface area contributed by atoms with Gasteiger partial charge in [0, 0.05) is 6.42 Å². The summed E-state index contributed by atoms with van der Waals surface area (Å²) in [4.78, 5) is 4.72. The Balaban J connectivity index is 1.65. The molecule has 1 saturated carbocycles. The zero-order chi connectivity index (χ0) is 16.1. The van der Waals surface area contributed by atoms with Crippen LogP contribution in [-0.2, 0) is 17.7 Å². The third-order valence-electron chi connectivity index (χ3n) is 4.68. The summed E-state index contributed by atoms with van der Waals surface area (Å²) < 4.78 is 8.08. The highest BCUT2D eigenvalue weighted by Crippen LogP contribution is 2.21. The van der Waals surface area contributed by atoms with Gasteiger partial charge in [0.1, 0.15) is 5.82 Å². The van der Waals surface area contributed by atoms with Gasteiger partial charge in [-0.3, -0.25) is 0 Å². The first-order chi connectivity index (χ1) is 11.3. The molecule has 126 valence electrons. The SMILES string of the molecule is CCCc1nc2ccccc2n1C[C@@H](O)COC1CCCCC1. The van der Waals surface area contributed by atoms with Crippen molar-refractivity contribution in [2.24, 2.45) is 0 Å². The summed E-state index contributed by atoms with van der Waals surface area (Å²) in [6, 6.07) is 8.16. The van der Waals surface area contributed by atoms with Gasteiger partial charge in [-0.05, 0) is 31.4 Å². The molecule has 4 heteroatoms. The standard InChI is InChI=1S/C19H28N2O2/c1-2-8-19-20-17-11-6-7-12-18(17)21(19)13-15(22)14-23-16-9-4-3-5-10-16/h6-7,11-12,15-16,22H,2-5,8-10,13-14H2,1H3/t15-/m1/s1. The maximum absolute atomic E-state index is 10.4. The number of para-hydroxylation sites is 2. The maximum Gasteiger partial charge on any atom is 0.109 e. The summed E-state index contributed by atoms with van der Waals surface area (Å²) in [5, 5.41) is 10.4. The van der Waals surface area contributed by atoms with E-state index in [9.17, 15) is 5.11 Å². The molecule has 0 bridgehead atoms. The van der Waals surface area contributed by atoms with E-state index in [4.69, 9.17) is 9.72 Å². The molecule has 0 radical (unpaired) electrons. The van der Waals surface area contributed by atoms with E-state index >= 15 is 0 Å². The summed E-state index contributed by atoms with van der Waals surface area (Å²) in [6.07, 6.45) is 7.97. The van der Waals surface area contributed by atoms with Crippen LogP contribution in [0.1, 0.15) is 51.3 Å². The number of rotatable bonds is 7. The van der Waals surface area contributed by atoms with Gasteiger partial charge in [0.05, 0.1) is 36.4 Å². The van der Waals surface area contributed by atoms with E-state index in [1.165, 1.54) is 19.3 Å². The van der Waals surface area contributed by atoms with Gasteiger partial charge in [-0.25, -0.2) is 4.98 Å². The zero-order valence-electron chi connectivity index (χ0n) is 14.1. The van der Waals surface area contributed by atoms with E-state index < -0.39 is 6.10 Å². The van der Waals surface area contributed by atoms with Crippen molar-refractivity contribution in [3.63, 3.8) is 0 Å². The molecule has 0 aliphatic heterocycles. The molecule has 0 saturated heterocycles. The van der Waals surface area contributed by atoms with Crippen LogP contribution < -0.4 is 0 Å². The molecule has 1 N–H and O–H groups in total. The lowest BCUT2D eigenvalue weighted by Crippen LogP contribution is -2.27. The molecule has 2 aromatic rings. The van der Waals surface area contributed by atoms with Crippen LogP contribution in [0.5, 0.6) is 0 Å². The number of imidazole rings is 1. The Labute approximate surface area is 138 Å². The fourth-order valence-corrected chi connectivity index (χ4v) is 3.49. The Kier molecular flexibility index (Phi) is 5.68. The Bertz CT molecular complexity index is 617. The van der Waals surface area contributed by atoms with E-state index in [1.807, 2.05) is 18.2 Å². The topological polar surface area (TPSA) is 47.3 Å². The molecule has 1 atom stereocenters. The third-order valence-corrected chi connectivity index (χ3v) is 4.68. The Morgan fingerprint density at radius 3 is 2.83 bits per heavy atom. The first kappa shape index (κ1) is 16.5. The summed E-state index contributed by atoms with van der Waals surface area (Å²) in [5.74, 6) is 1.06. The second-order valence-corrected chi connectivity index (χ2v) is 6.62. The second kappa shape index (κ2) is 7.93. The lowest BCUT2D eigenvalue weighted by atomic mass is 9.98. The van der Waals surface area contributed by atoms with Gasteiger partial charge in [-0.2, -0.15) is 0 Å². The van der Waals surface area contributed by atoms with Crippen LogP contribution in [0.2, 0.25) is 0 Å². The molecule has 1 fully saturated rings. The van der Waals surface area contributed by atoms with E-state index in [2.05, 4.69) is 17.6 Å². The Morgan fingerprint density at radius 1 is 1.26 bits per heavy atom. The minimum atomic E-state index is -0.481. The van der Waals surface area contributed by atoms with Crippen molar-refractivity contribution in [3.05, 3.63) is 30.1 Å². The van der Waals surface area contributed by atoms with Crippen LogP contribution in [0.3, 0.4) is 0 Å². The quantitative estimate of drug-likeness (QED) is 0.847. The van der Waals surface area contributed by atoms with Crippen LogP contribution >= 0.6 is 0 Å². The number of nitrogens with zero attached hydrogens (tertiary/aromatic N) is 2. The molecule has 0 unspecified atom stereocenters. The smallest absolute Gasteiger partial charge is 0.109 e. The van der Waals surface area contributed by atoms with Gasteiger partial charge < -0.3 is 14.4 Å². The van der Waals surface area contributed by atoms with Gasteiger partial charge in [0.25, 0.3) is 0 Å². The summed E-state index contributed by atoms with van der Waals surface area (Å²) in [5.41, 5.74) is 2.11. The maximum atomic E-state index is 10.4. The minimum absolute atomic E-state index is 0.341. The number of ether oxygens (including phenoxy) is 1. The monoisotopic (exact) mass is 316 g/mol. The van der Waals surface area contributed by atoms with Crippen molar-refractivity contribution >= 4 is 11.0 Å². The predicted octanol–water partition coefficient (Wildman–Crippen LogP) is 3.70. The Hall–Kier alpha value is -1.39. The molecule has 3 rings (SSSR count). The van der Waals surface area contributed by atoms with E-state index in [0.29, 0.717) is 19.3 Å². The zero-order valence-corrected chi connectivity index (χ0v) is 14.1. The van der Waals surface area contributed by atoms with Crippen molar-refractivity contribution in [1.29, 1.82) is 0 Å². The van der Waals surface area contributed by atoms with Crippen LogP contribution in [0.25, 0.3) is 11.0 Å². The van der Waals surface area contributed by atoms with Crippen molar-refractivity contribution in [3.8, 4) is 0 Å². The molecular weight excluding hydrogens is 288 g/mol. The third kappa shape index (κ3) is 4.12. The van der Waals surface area contributed by atoms with E-state index in [0.717, 1.165) is 42.5 Å². The molecule has 0 spiro atoms. The average Bonchev–Trinajstić information content (AvgIpc) is 2.92. The highest BCUT2D eigenvalue weighted by Gasteiger charge is 2.17. The number of fused-ring (bicyclic) bond motifs is 1. The number of aliphatic hydroxyl groups is 1. The van der Waals surface area contributed by atoms with Crippen molar-refractivity contribution in [2.45, 2.75) is 70.6 Å². The van der Waals surface area contributed by atoms with Gasteiger partial charge in [-0.1, -0.05) is 38.3 Å². The number of aromatic nitrogens is 2. The average molecular weight is 316 g/mol. The summed E-state index contributed by atoms with van der Waals surface area (Å²) >= 11 is 0. The molecule has 4 nitrogen and oxygen atoms in total. The number of benzene rings is 1. The molecular formula is C19H28N2O2. The molecule has 0 amide bonds. The van der Waals surface area contributed by atoms with Crippen LogP contribution in [0.4, 0.5) is 0 Å². The summed E-state index contributed by atoms with van der Waals surface area (Å²) in [6.45, 7) is 3.14. The van der Waals surface area contributed by atoms with E-state index in [-0.39, 0.29) is 0 Å². The van der Waals surface area contributed by atoms with Gasteiger partial charge in [-0.15, -0.1) is 0 Å². The number of aliphatic hydroxyl groups excluding tert-OH is 1. The summed E-state index contributed by atoms with van der Waals surface area (Å²) in [7, 11) is 0. The molecule has 1 aromatic heterocycles. The lowest BCUT2D eigenvalue weighted by Gasteiger charge is -2.24. The van der Waals surface area contributed by atoms with Crippen LogP contribution in [-0.4, -0.2) is 33.5 Å². The molecule has 1 aliphatic rings. The molecule has 1 heterocycles. The Morgan fingerprint density at radius 2 is 2.04 bits per heavy atom. The van der Waals surface area contributed by atoms with Crippen molar-refractivity contribution in [1.82, 2.24) is 9.55 Å². The highest BCUT2D eigenvalue weighted by atomic mass is 16.5. The normalized spacial score (nSPS) is 17.7.